The zero-order chi connectivity index (χ0) is 10.8. The van der Waals surface area contributed by atoms with Gasteiger partial charge in [-0.2, -0.15) is 5.26 Å². The van der Waals surface area contributed by atoms with Gasteiger partial charge in [-0.25, -0.2) is 0 Å². The molecule has 0 radical (unpaired) electrons. The summed E-state index contributed by atoms with van der Waals surface area (Å²) in [4.78, 5) is 11.5. The molecule has 4 nitrogen and oxygen atoms in total. The Kier molecular flexibility index (Phi) is 2.14. The summed E-state index contributed by atoms with van der Waals surface area (Å²) < 4.78 is 10.2. The molecule has 0 amide bonds. The fourth-order valence-electron chi connectivity index (χ4n) is 1.32. The molecule has 0 aliphatic rings. The van der Waals surface area contributed by atoms with E-state index in [9.17, 15) is 4.79 Å². The zero-order valence-electron chi connectivity index (χ0n) is 7.98. The molecule has 0 aliphatic carbocycles. The summed E-state index contributed by atoms with van der Waals surface area (Å²) in [6.07, 6.45) is 0. The standard InChI is InChI=1S/C11H7NO3/c1-14-7-2-3-9-10(13)4-8(6-12)15-11(9)5-7/h2-5H,1H3. The molecule has 0 saturated heterocycles. The molecule has 0 saturated carbocycles. The molecule has 1 aromatic carbocycles. The van der Waals surface area contributed by atoms with Crippen LogP contribution in [0.15, 0.2) is 33.5 Å². The average Bonchev–Trinajstić information content (AvgIpc) is 2.28. The van der Waals surface area contributed by atoms with Crippen LogP contribution in [-0.4, -0.2) is 7.11 Å². The van der Waals surface area contributed by atoms with Gasteiger partial charge in [-0.3, -0.25) is 4.79 Å². The number of rotatable bonds is 1. The molecule has 2 aromatic rings. The Bertz CT molecular complexity index is 607. The third-order valence-corrected chi connectivity index (χ3v) is 2.05. The summed E-state index contributed by atoms with van der Waals surface area (Å²) in [5.41, 5.74) is 0.133. The van der Waals surface area contributed by atoms with Gasteiger partial charge >= 0.3 is 0 Å². The first-order chi connectivity index (χ1) is 7.24. The molecular weight excluding hydrogens is 194 g/mol. The molecule has 1 aromatic heterocycles. The van der Waals surface area contributed by atoms with Crippen LogP contribution in [0.4, 0.5) is 0 Å². The molecule has 0 bridgehead atoms. The summed E-state index contributed by atoms with van der Waals surface area (Å²) in [6, 6.07) is 7.83. The molecule has 0 N–H and O–H groups in total. The van der Waals surface area contributed by atoms with Crippen LogP contribution >= 0.6 is 0 Å². The molecule has 0 atom stereocenters. The van der Waals surface area contributed by atoms with Crippen LogP contribution in [0.1, 0.15) is 5.76 Å². The quantitative estimate of drug-likeness (QED) is 0.704. The predicted octanol–water partition coefficient (Wildman–Crippen LogP) is 1.67. The van der Waals surface area contributed by atoms with Gasteiger partial charge in [0.15, 0.2) is 5.43 Å². The Hall–Kier alpha value is -2.28. The van der Waals surface area contributed by atoms with Crippen molar-refractivity contribution < 1.29 is 9.15 Å². The lowest BCUT2D eigenvalue weighted by Gasteiger charge is -2.00. The topological polar surface area (TPSA) is 63.2 Å². The first-order valence-electron chi connectivity index (χ1n) is 4.26. The van der Waals surface area contributed by atoms with E-state index in [1.807, 2.05) is 0 Å². The molecule has 0 aliphatic heterocycles. The van der Waals surface area contributed by atoms with E-state index in [1.165, 1.54) is 13.2 Å². The van der Waals surface area contributed by atoms with Crippen molar-refractivity contribution in [2.45, 2.75) is 0 Å². The van der Waals surface area contributed by atoms with Crippen molar-refractivity contribution in [1.82, 2.24) is 0 Å². The highest BCUT2D eigenvalue weighted by Gasteiger charge is 2.05. The summed E-state index contributed by atoms with van der Waals surface area (Å²) in [5.74, 6) is 0.585. The summed E-state index contributed by atoms with van der Waals surface area (Å²) in [5, 5.41) is 9.07. The average molecular weight is 201 g/mol. The van der Waals surface area contributed by atoms with Gasteiger partial charge in [-0.1, -0.05) is 0 Å². The van der Waals surface area contributed by atoms with Crippen molar-refractivity contribution in [3.05, 3.63) is 40.2 Å². The van der Waals surface area contributed by atoms with Gasteiger partial charge in [0, 0.05) is 12.1 Å². The van der Waals surface area contributed by atoms with Crippen LogP contribution < -0.4 is 10.2 Å². The first kappa shape index (κ1) is 9.28. The van der Waals surface area contributed by atoms with Crippen LogP contribution in [0.25, 0.3) is 11.0 Å². The van der Waals surface area contributed by atoms with Crippen LogP contribution in [0.3, 0.4) is 0 Å². The van der Waals surface area contributed by atoms with Gasteiger partial charge < -0.3 is 9.15 Å². The number of hydrogen-bond acceptors (Lipinski definition) is 4. The molecule has 1 heterocycles. The largest absolute Gasteiger partial charge is 0.497 e. The maximum atomic E-state index is 11.5. The molecule has 15 heavy (non-hydrogen) atoms. The van der Waals surface area contributed by atoms with E-state index in [2.05, 4.69) is 0 Å². The van der Waals surface area contributed by atoms with Crippen LogP contribution in [0, 0.1) is 11.3 Å². The molecule has 0 spiro atoms. The first-order valence-corrected chi connectivity index (χ1v) is 4.26. The number of nitrogens with zero attached hydrogens (tertiary/aromatic N) is 1. The SMILES string of the molecule is COc1ccc2c(=O)cc(C#N)oc2c1. The highest BCUT2D eigenvalue weighted by molar-refractivity contribution is 5.78. The minimum absolute atomic E-state index is 0.000697. The summed E-state index contributed by atoms with van der Waals surface area (Å²) in [7, 11) is 1.52. The number of nitriles is 1. The Balaban J connectivity index is 2.82. The van der Waals surface area contributed by atoms with Crippen LogP contribution in [-0.2, 0) is 0 Å². The van der Waals surface area contributed by atoms with E-state index in [0.717, 1.165) is 0 Å². The van der Waals surface area contributed by atoms with E-state index in [4.69, 9.17) is 14.4 Å². The van der Waals surface area contributed by atoms with Gasteiger partial charge in [0.25, 0.3) is 0 Å². The van der Waals surface area contributed by atoms with Crippen molar-refractivity contribution in [3.8, 4) is 11.8 Å². The number of ether oxygens (including phenoxy) is 1. The Morgan fingerprint density at radius 2 is 2.20 bits per heavy atom. The Labute approximate surface area is 85.3 Å². The predicted molar refractivity (Wildman–Crippen MR) is 53.8 cm³/mol. The van der Waals surface area contributed by atoms with Crippen LogP contribution in [0.5, 0.6) is 5.75 Å². The summed E-state index contributed by atoms with van der Waals surface area (Å²) >= 11 is 0. The second-order valence-corrected chi connectivity index (χ2v) is 2.95. The normalized spacial score (nSPS) is 9.87. The molecule has 0 unspecified atom stereocenters. The summed E-state index contributed by atoms with van der Waals surface area (Å²) in [6.45, 7) is 0. The third kappa shape index (κ3) is 1.55. The van der Waals surface area contributed by atoms with Crippen LogP contribution in [0.2, 0.25) is 0 Å². The fraction of sp³-hybridized carbons (Fsp3) is 0.0909. The van der Waals surface area contributed by atoms with Gasteiger partial charge in [-0.05, 0) is 12.1 Å². The lowest BCUT2D eigenvalue weighted by Crippen LogP contribution is -2.00. The highest BCUT2D eigenvalue weighted by atomic mass is 16.5. The smallest absolute Gasteiger partial charge is 0.207 e. The second-order valence-electron chi connectivity index (χ2n) is 2.95. The van der Waals surface area contributed by atoms with Crippen molar-refractivity contribution in [3.63, 3.8) is 0 Å². The number of benzene rings is 1. The zero-order valence-corrected chi connectivity index (χ0v) is 7.98. The maximum Gasteiger partial charge on any atom is 0.207 e. The van der Waals surface area contributed by atoms with E-state index < -0.39 is 0 Å². The van der Waals surface area contributed by atoms with Gasteiger partial charge in [0.2, 0.25) is 5.76 Å². The lowest BCUT2D eigenvalue weighted by molar-refractivity contribution is 0.414. The molecule has 4 heteroatoms. The monoisotopic (exact) mass is 201 g/mol. The highest BCUT2D eigenvalue weighted by Crippen LogP contribution is 2.18. The fourth-order valence-corrected chi connectivity index (χ4v) is 1.32. The van der Waals surface area contributed by atoms with Crippen molar-refractivity contribution >= 4 is 11.0 Å². The molecule has 0 fully saturated rings. The molecule has 74 valence electrons. The Morgan fingerprint density at radius 3 is 2.87 bits per heavy atom. The second kappa shape index (κ2) is 3.46. The number of fused-ring (bicyclic) bond motifs is 1. The van der Waals surface area contributed by atoms with E-state index >= 15 is 0 Å². The molecular formula is C11H7NO3. The van der Waals surface area contributed by atoms with Crippen molar-refractivity contribution in [2.24, 2.45) is 0 Å². The lowest BCUT2D eigenvalue weighted by atomic mass is 10.2. The van der Waals surface area contributed by atoms with E-state index in [-0.39, 0.29) is 11.2 Å². The number of methoxy groups -OCH3 is 1. The third-order valence-electron chi connectivity index (χ3n) is 2.05. The van der Waals surface area contributed by atoms with Gasteiger partial charge in [0.05, 0.1) is 12.5 Å². The van der Waals surface area contributed by atoms with Gasteiger partial charge in [0.1, 0.15) is 17.4 Å². The minimum atomic E-state index is -0.226. The minimum Gasteiger partial charge on any atom is -0.497 e. The van der Waals surface area contributed by atoms with E-state index in [1.54, 1.807) is 24.3 Å². The molecule has 2 rings (SSSR count). The van der Waals surface area contributed by atoms with Gasteiger partial charge in [-0.15, -0.1) is 0 Å². The number of hydrogen-bond donors (Lipinski definition) is 0. The van der Waals surface area contributed by atoms with E-state index in [0.29, 0.717) is 16.7 Å². The maximum absolute atomic E-state index is 11.5. The Morgan fingerprint density at radius 1 is 1.40 bits per heavy atom. The van der Waals surface area contributed by atoms with Crippen molar-refractivity contribution in [1.29, 1.82) is 5.26 Å². The van der Waals surface area contributed by atoms with Crippen molar-refractivity contribution in [2.75, 3.05) is 7.11 Å².